The van der Waals surface area contributed by atoms with Gasteiger partial charge in [0.05, 0.1) is 11.9 Å². The van der Waals surface area contributed by atoms with Crippen LogP contribution in [0.5, 0.6) is 0 Å². The summed E-state index contributed by atoms with van der Waals surface area (Å²) in [5.74, 6) is 0.207. The van der Waals surface area contributed by atoms with E-state index in [2.05, 4.69) is 29.3 Å². The molecule has 0 fully saturated rings. The molecule has 0 aromatic carbocycles. The van der Waals surface area contributed by atoms with E-state index in [1.165, 1.54) is 0 Å². The first-order valence-corrected chi connectivity index (χ1v) is 6.13. The van der Waals surface area contributed by atoms with E-state index >= 15 is 0 Å². The van der Waals surface area contributed by atoms with Crippen LogP contribution >= 0.6 is 0 Å². The molecule has 1 heterocycles. The van der Waals surface area contributed by atoms with E-state index in [9.17, 15) is 4.79 Å². The number of carbonyl (C=O) groups excluding carboxylic acids is 1. The Morgan fingerprint density at radius 3 is 2.18 bits per heavy atom. The van der Waals surface area contributed by atoms with Crippen molar-refractivity contribution in [2.75, 3.05) is 0 Å². The van der Waals surface area contributed by atoms with Crippen LogP contribution in [0.25, 0.3) is 0 Å². The van der Waals surface area contributed by atoms with Crippen molar-refractivity contribution in [1.29, 1.82) is 0 Å². The van der Waals surface area contributed by atoms with E-state index in [0.717, 1.165) is 12.1 Å². The molecule has 1 N–H and O–H groups in total. The summed E-state index contributed by atoms with van der Waals surface area (Å²) in [6.07, 6.45) is 2.48. The quantitative estimate of drug-likeness (QED) is 0.878. The number of carbonyl (C=O) groups is 1. The van der Waals surface area contributed by atoms with Gasteiger partial charge in [-0.1, -0.05) is 41.5 Å². The van der Waals surface area contributed by atoms with Crippen LogP contribution in [0.15, 0.2) is 6.20 Å². The Bertz CT molecular complexity index is 340. The van der Waals surface area contributed by atoms with Crippen molar-refractivity contribution in [2.45, 2.75) is 60.3 Å². The van der Waals surface area contributed by atoms with Gasteiger partial charge in [0.2, 0.25) is 0 Å². The molecule has 0 spiro atoms. The molecule has 0 radical (unpaired) electrons. The first-order chi connectivity index (χ1) is 7.76. The summed E-state index contributed by atoms with van der Waals surface area (Å²) < 4.78 is 0. The molecule has 0 saturated heterocycles. The Morgan fingerprint density at radius 2 is 1.82 bits per heavy atom. The van der Waals surface area contributed by atoms with Crippen LogP contribution in [-0.4, -0.2) is 21.2 Å². The number of hydrogen-bond donors (Lipinski definition) is 1. The number of hydrogen-bond acceptors (Lipinski definition) is 3. The third-order valence-electron chi connectivity index (χ3n) is 2.95. The maximum absolute atomic E-state index is 11.5. The fourth-order valence-electron chi connectivity index (χ4n) is 1.85. The van der Waals surface area contributed by atoms with Gasteiger partial charge in [-0.25, -0.2) is 0 Å². The molecule has 4 heteroatoms. The molecule has 0 unspecified atom stereocenters. The molecule has 1 aromatic heterocycles. The van der Waals surface area contributed by atoms with Crippen molar-refractivity contribution < 1.29 is 4.79 Å². The number of nitrogens with zero attached hydrogens (tertiary/aromatic N) is 2. The summed E-state index contributed by atoms with van der Waals surface area (Å²) in [5, 5.41) is 10.5. The average Bonchev–Trinajstić information content (AvgIpc) is 2.72. The van der Waals surface area contributed by atoms with Gasteiger partial charge in [-0.2, -0.15) is 15.4 Å². The Labute approximate surface area is 104 Å². The van der Waals surface area contributed by atoms with Crippen LogP contribution in [0.3, 0.4) is 0 Å². The van der Waals surface area contributed by atoms with Gasteiger partial charge in [0, 0.05) is 10.8 Å². The average molecular weight is 239 g/mol. The molecule has 0 aliphatic heterocycles. The fraction of sp³-hybridized carbons (Fsp3) is 0.769. The number of Topliss-reactive ketones (excluding diaryl/α,β-unsaturated/α-hetero) is 1. The number of H-pyrrole nitrogens is 1. The van der Waals surface area contributed by atoms with Gasteiger partial charge in [-0.3, -0.25) is 4.79 Å². The van der Waals surface area contributed by atoms with Gasteiger partial charge < -0.3 is 0 Å². The summed E-state index contributed by atoms with van der Waals surface area (Å²) in [7, 11) is 0. The maximum atomic E-state index is 11.5. The summed E-state index contributed by atoms with van der Waals surface area (Å²) in [6, 6.07) is 0. The zero-order chi connectivity index (χ0) is 13.7. The lowest BCUT2D eigenvalue weighted by molar-refractivity contribution is -0.125. The second-order valence-corrected chi connectivity index (χ2v) is 5.36. The third kappa shape index (κ3) is 4.29. The van der Waals surface area contributed by atoms with Crippen LogP contribution in [0.1, 0.15) is 60.6 Å². The molecule has 0 bridgehead atoms. The second-order valence-electron chi connectivity index (χ2n) is 5.36. The van der Waals surface area contributed by atoms with Gasteiger partial charge in [0.25, 0.3) is 0 Å². The van der Waals surface area contributed by atoms with Crippen LogP contribution in [-0.2, 0) is 10.2 Å². The molecule has 0 atom stereocenters. The van der Waals surface area contributed by atoms with Gasteiger partial charge in [0.1, 0.15) is 5.78 Å². The monoisotopic (exact) mass is 239 g/mol. The molecule has 1 aromatic rings. The largest absolute Gasteiger partial charge is 0.299 e. The lowest BCUT2D eigenvalue weighted by atomic mass is 9.72. The Hall–Kier alpha value is -1.19. The van der Waals surface area contributed by atoms with Crippen LogP contribution in [0.4, 0.5) is 0 Å². The Kier molecular flexibility index (Phi) is 5.52. The molecule has 98 valence electrons. The van der Waals surface area contributed by atoms with Crippen molar-refractivity contribution >= 4 is 5.78 Å². The minimum absolute atomic E-state index is 0.137. The van der Waals surface area contributed by atoms with E-state index in [0.29, 0.717) is 0 Å². The maximum Gasteiger partial charge on any atom is 0.135 e. The van der Waals surface area contributed by atoms with Crippen LogP contribution in [0, 0.1) is 5.41 Å². The van der Waals surface area contributed by atoms with Crippen molar-refractivity contribution in [2.24, 2.45) is 5.41 Å². The molecule has 0 aliphatic rings. The number of aromatic amines is 1. The second kappa shape index (κ2) is 5.94. The fourth-order valence-corrected chi connectivity index (χ4v) is 1.85. The smallest absolute Gasteiger partial charge is 0.135 e. The van der Waals surface area contributed by atoms with E-state index < -0.39 is 0 Å². The first kappa shape index (κ1) is 15.8. The molecular weight excluding hydrogens is 214 g/mol. The number of ketones is 1. The van der Waals surface area contributed by atoms with Gasteiger partial charge in [-0.15, -0.1) is 0 Å². The van der Waals surface area contributed by atoms with Gasteiger partial charge >= 0.3 is 0 Å². The van der Waals surface area contributed by atoms with Gasteiger partial charge in [0.15, 0.2) is 0 Å². The number of rotatable bonds is 4. The molecule has 0 aliphatic carbocycles. The lowest BCUT2D eigenvalue weighted by Gasteiger charge is -2.31. The highest BCUT2D eigenvalue weighted by atomic mass is 16.1. The zero-order valence-corrected chi connectivity index (χ0v) is 12.1. The van der Waals surface area contributed by atoms with E-state index in [1.807, 2.05) is 27.7 Å². The number of aromatic nitrogens is 3. The highest BCUT2D eigenvalue weighted by molar-refractivity contribution is 5.81. The zero-order valence-electron chi connectivity index (χ0n) is 12.1. The Morgan fingerprint density at radius 1 is 1.29 bits per heavy atom. The van der Waals surface area contributed by atoms with E-state index in [4.69, 9.17) is 0 Å². The molecule has 4 nitrogen and oxygen atoms in total. The van der Waals surface area contributed by atoms with Crippen molar-refractivity contribution in [3.63, 3.8) is 0 Å². The predicted octanol–water partition coefficient (Wildman–Crippen LogP) is 3.11. The van der Waals surface area contributed by atoms with Crippen LogP contribution in [0.2, 0.25) is 0 Å². The highest BCUT2D eigenvalue weighted by Gasteiger charge is 2.34. The van der Waals surface area contributed by atoms with Crippen molar-refractivity contribution in [1.82, 2.24) is 15.4 Å². The first-order valence-electron chi connectivity index (χ1n) is 6.13. The minimum atomic E-state index is -0.317. The SMILES string of the molecule is CC.CC(=O)C(C)(C)CC(C)(C)c1cn[nH]n1. The Balaban J connectivity index is 0.00000121. The number of nitrogens with one attached hydrogen (secondary N) is 1. The van der Waals surface area contributed by atoms with Crippen molar-refractivity contribution in [3.05, 3.63) is 11.9 Å². The topological polar surface area (TPSA) is 58.6 Å². The highest BCUT2D eigenvalue weighted by Crippen LogP contribution is 2.35. The summed E-state index contributed by atoms with van der Waals surface area (Å²) >= 11 is 0. The molecule has 0 saturated carbocycles. The third-order valence-corrected chi connectivity index (χ3v) is 2.95. The van der Waals surface area contributed by atoms with E-state index in [-0.39, 0.29) is 16.6 Å². The van der Waals surface area contributed by atoms with E-state index in [1.54, 1.807) is 13.1 Å². The normalized spacial score (nSPS) is 11.7. The summed E-state index contributed by atoms with van der Waals surface area (Å²) in [6.45, 7) is 13.7. The lowest BCUT2D eigenvalue weighted by Crippen LogP contribution is -2.31. The molecule has 0 amide bonds. The standard InChI is InChI=1S/C11H19N3O.C2H6/c1-8(15)10(2,3)7-11(4,5)9-6-12-14-13-9;1-2/h6H,7H2,1-5H3,(H,12,13,14);1-2H3. The molecular formula is C13H25N3O. The molecule has 1 rings (SSSR count). The molecule has 17 heavy (non-hydrogen) atoms. The summed E-state index contributed by atoms with van der Waals surface area (Å²) in [5.41, 5.74) is 0.446. The van der Waals surface area contributed by atoms with Crippen molar-refractivity contribution in [3.8, 4) is 0 Å². The summed E-state index contributed by atoms with van der Waals surface area (Å²) in [4.78, 5) is 11.5. The predicted molar refractivity (Wildman–Crippen MR) is 69.8 cm³/mol. The van der Waals surface area contributed by atoms with Gasteiger partial charge in [-0.05, 0) is 13.3 Å². The minimum Gasteiger partial charge on any atom is -0.299 e. The van der Waals surface area contributed by atoms with Crippen LogP contribution < -0.4 is 0 Å².